The van der Waals surface area contributed by atoms with Gasteiger partial charge in [0, 0.05) is 11.6 Å². The van der Waals surface area contributed by atoms with Crippen molar-refractivity contribution in [1.82, 2.24) is 5.32 Å². The molecule has 0 heterocycles. The molecule has 0 spiro atoms. The van der Waals surface area contributed by atoms with Crippen LogP contribution in [0.1, 0.15) is 5.56 Å². The molecule has 0 aliphatic rings. The Labute approximate surface area is 132 Å². The minimum Gasteiger partial charge on any atom is -0.324 e. The number of carbonyl (C=O) groups excluding carboxylic acids is 1. The van der Waals surface area contributed by atoms with Crippen LogP contribution >= 0.6 is 23.2 Å². The smallest absolute Gasteiger partial charge is 0.238 e. The molecule has 2 rings (SSSR count). The van der Waals surface area contributed by atoms with Crippen LogP contribution in [-0.4, -0.2) is 12.5 Å². The van der Waals surface area contributed by atoms with Crippen molar-refractivity contribution in [2.45, 2.75) is 6.54 Å². The maximum Gasteiger partial charge on any atom is 0.238 e. The van der Waals surface area contributed by atoms with E-state index in [4.69, 9.17) is 23.2 Å². The van der Waals surface area contributed by atoms with Gasteiger partial charge < -0.3 is 10.6 Å². The normalized spacial score (nSPS) is 10.4. The van der Waals surface area contributed by atoms with E-state index in [9.17, 15) is 9.18 Å². The summed E-state index contributed by atoms with van der Waals surface area (Å²) in [7, 11) is 0. The Hall–Kier alpha value is -1.62. The predicted octanol–water partition coefficient (Wildman–Crippen LogP) is 3.86. The fourth-order valence-corrected chi connectivity index (χ4v) is 2.05. The van der Waals surface area contributed by atoms with Crippen molar-refractivity contribution in [3.05, 3.63) is 63.9 Å². The highest BCUT2D eigenvalue weighted by atomic mass is 35.5. The van der Waals surface area contributed by atoms with E-state index >= 15 is 0 Å². The summed E-state index contributed by atoms with van der Waals surface area (Å²) in [6.45, 7) is 0.581. The van der Waals surface area contributed by atoms with E-state index in [-0.39, 0.29) is 18.3 Å². The molecule has 1 amide bonds. The van der Waals surface area contributed by atoms with E-state index in [0.29, 0.717) is 22.3 Å². The third kappa shape index (κ3) is 5.01. The fourth-order valence-electron chi connectivity index (χ4n) is 1.71. The summed E-state index contributed by atoms with van der Waals surface area (Å²) in [4.78, 5) is 11.8. The molecule has 0 aromatic heterocycles. The number of rotatable bonds is 5. The number of amides is 1. The van der Waals surface area contributed by atoms with E-state index in [1.165, 1.54) is 12.1 Å². The lowest BCUT2D eigenvalue weighted by Gasteiger charge is -2.08. The van der Waals surface area contributed by atoms with Crippen LogP contribution in [0, 0.1) is 5.82 Å². The Morgan fingerprint density at radius 2 is 1.81 bits per heavy atom. The summed E-state index contributed by atoms with van der Waals surface area (Å²) in [6, 6.07) is 10.9. The van der Waals surface area contributed by atoms with Crippen molar-refractivity contribution >= 4 is 34.8 Å². The van der Waals surface area contributed by atoms with Gasteiger partial charge in [0.2, 0.25) is 5.91 Å². The fraction of sp³-hybridized carbons (Fsp3) is 0.133. The number of nitrogens with one attached hydrogen (secondary N) is 2. The van der Waals surface area contributed by atoms with Crippen LogP contribution in [0.5, 0.6) is 0 Å². The Kier molecular flexibility index (Phi) is 5.56. The molecule has 0 unspecified atom stereocenters. The minimum atomic E-state index is -0.285. The molecule has 0 radical (unpaired) electrons. The monoisotopic (exact) mass is 326 g/mol. The van der Waals surface area contributed by atoms with Gasteiger partial charge in [0.25, 0.3) is 0 Å². The van der Waals surface area contributed by atoms with Crippen LogP contribution in [0.15, 0.2) is 42.5 Å². The van der Waals surface area contributed by atoms with E-state index in [2.05, 4.69) is 10.6 Å². The molecule has 0 aliphatic carbocycles. The SMILES string of the molecule is O=C(CNCc1ccc(F)cc1)Nc1cc(Cl)ccc1Cl. The predicted molar refractivity (Wildman–Crippen MR) is 83.2 cm³/mol. The topological polar surface area (TPSA) is 41.1 Å². The highest BCUT2D eigenvalue weighted by Gasteiger charge is 2.06. The molecular formula is C15H13Cl2FN2O. The van der Waals surface area contributed by atoms with Crippen molar-refractivity contribution in [3.8, 4) is 0 Å². The molecule has 6 heteroatoms. The van der Waals surface area contributed by atoms with Crippen molar-refractivity contribution in [1.29, 1.82) is 0 Å². The van der Waals surface area contributed by atoms with Crippen LogP contribution in [-0.2, 0) is 11.3 Å². The molecule has 2 N–H and O–H groups in total. The van der Waals surface area contributed by atoms with Gasteiger partial charge in [-0.1, -0.05) is 35.3 Å². The molecule has 0 saturated heterocycles. The second-order valence-corrected chi connectivity index (χ2v) is 5.25. The van der Waals surface area contributed by atoms with E-state index in [1.54, 1.807) is 30.3 Å². The van der Waals surface area contributed by atoms with Gasteiger partial charge >= 0.3 is 0 Å². The van der Waals surface area contributed by atoms with Gasteiger partial charge in [-0.25, -0.2) is 4.39 Å². The number of hydrogen-bond donors (Lipinski definition) is 2. The quantitative estimate of drug-likeness (QED) is 0.875. The molecule has 0 bridgehead atoms. The van der Waals surface area contributed by atoms with Crippen LogP contribution in [0.2, 0.25) is 10.0 Å². The molecule has 2 aromatic rings. The summed E-state index contributed by atoms with van der Waals surface area (Å²) >= 11 is 11.8. The second kappa shape index (κ2) is 7.41. The third-order valence-electron chi connectivity index (χ3n) is 2.73. The Morgan fingerprint density at radius 3 is 2.52 bits per heavy atom. The largest absolute Gasteiger partial charge is 0.324 e. The van der Waals surface area contributed by atoms with Gasteiger partial charge in [0.1, 0.15) is 5.82 Å². The minimum absolute atomic E-state index is 0.111. The first-order chi connectivity index (χ1) is 10.0. The molecule has 2 aromatic carbocycles. The summed E-state index contributed by atoms with van der Waals surface area (Å²) in [5, 5.41) is 6.55. The van der Waals surface area contributed by atoms with Gasteiger partial charge in [-0.2, -0.15) is 0 Å². The maximum absolute atomic E-state index is 12.7. The molecule has 0 fully saturated rings. The summed E-state index contributed by atoms with van der Waals surface area (Å²) < 4.78 is 12.7. The Balaban J connectivity index is 1.82. The lowest BCUT2D eigenvalue weighted by Crippen LogP contribution is -2.27. The standard InChI is InChI=1S/C15H13Cl2FN2O/c16-11-3-6-13(17)14(7-11)20-15(21)9-19-8-10-1-4-12(18)5-2-10/h1-7,19H,8-9H2,(H,20,21). The van der Waals surface area contributed by atoms with Crippen molar-refractivity contribution in [3.63, 3.8) is 0 Å². The average molecular weight is 327 g/mol. The van der Waals surface area contributed by atoms with Crippen molar-refractivity contribution in [2.24, 2.45) is 0 Å². The highest BCUT2D eigenvalue weighted by molar-refractivity contribution is 6.35. The lowest BCUT2D eigenvalue weighted by molar-refractivity contribution is -0.115. The zero-order valence-corrected chi connectivity index (χ0v) is 12.5. The number of anilines is 1. The molecule has 0 saturated carbocycles. The average Bonchev–Trinajstić information content (AvgIpc) is 2.45. The first-order valence-corrected chi connectivity index (χ1v) is 7.00. The number of halogens is 3. The molecule has 3 nitrogen and oxygen atoms in total. The number of benzene rings is 2. The third-order valence-corrected chi connectivity index (χ3v) is 3.30. The van der Waals surface area contributed by atoms with Gasteiger partial charge in [0.05, 0.1) is 17.3 Å². The summed E-state index contributed by atoms with van der Waals surface area (Å²) in [6.07, 6.45) is 0. The van der Waals surface area contributed by atoms with Gasteiger partial charge in [-0.15, -0.1) is 0 Å². The Bertz CT molecular complexity index is 632. The van der Waals surface area contributed by atoms with Gasteiger partial charge in [-0.05, 0) is 35.9 Å². The van der Waals surface area contributed by atoms with Crippen LogP contribution < -0.4 is 10.6 Å². The maximum atomic E-state index is 12.7. The molecule has 21 heavy (non-hydrogen) atoms. The molecular weight excluding hydrogens is 314 g/mol. The number of carbonyl (C=O) groups is 1. The zero-order valence-electron chi connectivity index (χ0n) is 11.0. The highest BCUT2D eigenvalue weighted by Crippen LogP contribution is 2.25. The Morgan fingerprint density at radius 1 is 1.10 bits per heavy atom. The van der Waals surface area contributed by atoms with Crippen molar-refractivity contribution < 1.29 is 9.18 Å². The molecule has 110 valence electrons. The van der Waals surface area contributed by atoms with E-state index in [0.717, 1.165) is 5.56 Å². The van der Waals surface area contributed by atoms with Crippen LogP contribution in [0.3, 0.4) is 0 Å². The second-order valence-electron chi connectivity index (χ2n) is 4.40. The first-order valence-electron chi connectivity index (χ1n) is 6.24. The zero-order chi connectivity index (χ0) is 15.2. The van der Waals surface area contributed by atoms with E-state index < -0.39 is 0 Å². The summed E-state index contributed by atoms with van der Waals surface area (Å²) in [5.74, 6) is -0.520. The number of hydrogen-bond acceptors (Lipinski definition) is 2. The van der Waals surface area contributed by atoms with Crippen molar-refractivity contribution in [2.75, 3.05) is 11.9 Å². The van der Waals surface area contributed by atoms with Crippen LogP contribution in [0.4, 0.5) is 10.1 Å². The van der Waals surface area contributed by atoms with Gasteiger partial charge in [-0.3, -0.25) is 4.79 Å². The van der Waals surface area contributed by atoms with E-state index in [1.807, 2.05) is 0 Å². The summed E-state index contributed by atoms with van der Waals surface area (Å²) in [5.41, 5.74) is 1.36. The van der Waals surface area contributed by atoms with Crippen LogP contribution in [0.25, 0.3) is 0 Å². The molecule has 0 aliphatic heterocycles. The van der Waals surface area contributed by atoms with Gasteiger partial charge in [0.15, 0.2) is 0 Å². The first kappa shape index (κ1) is 15.8. The lowest BCUT2D eigenvalue weighted by atomic mass is 10.2. The molecule has 0 atom stereocenters.